The molecule has 0 atom stereocenters. The highest BCUT2D eigenvalue weighted by atomic mass is 32.1. The minimum Gasteiger partial charge on any atom is -0.505 e. The second kappa shape index (κ2) is 12.7. The molecule has 0 spiro atoms. The van der Waals surface area contributed by atoms with E-state index in [-0.39, 0.29) is 49.1 Å². The van der Waals surface area contributed by atoms with Crippen molar-refractivity contribution < 1.29 is 46.0 Å². The Balaban J connectivity index is 1.28. The molecule has 8 aromatic carbocycles. The summed E-state index contributed by atoms with van der Waals surface area (Å²) in [4.78, 5) is 0. The van der Waals surface area contributed by atoms with E-state index in [1.807, 2.05) is 48.5 Å². The van der Waals surface area contributed by atoms with Crippen molar-refractivity contribution in [3.63, 3.8) is 0 Å². The zero-order chi connectivity index (χ0) is 42.2. The van der Waals surface area contributed by atoms with E-state index in [4.69, 9.17) is 0 Å². The molecular weight excluding hydrogens is 791 g/mol. The zero-order valence-corrected chi connectivity index (χ0v) is 32.7. The van der Waals surface area contributed by atoms with Crippen LogP contribution in [0.5, 0.6) is 51.7 Å². The summed E-state index contributed by atoms with van der Waals surface area (Å²) in [5.41, 5.74) is 4.04. The average Bonchev–Trinajstić information content (AvgIpc) is 3.97. The second-order valence-corrected chi connectivity index (χ2v) is 16.1. The number of phenols is 9. The molecule has 11 nitrogen and oxygen atoms in total. The third-order valence-corrected chi connectivity index (χ3v) is 13.1. The summed E-state index contributed by atoms with van der Waals surface area (Å²) in [6.07, 6.45) is 0. The molecule has 9 N–H and O–H groups in total. The van der Waals surface area contributed by atoms with E-state index in [1.54, 1.807) is 53.8 Å². The lowest BCUT2D eigenvalue weighted by Crippen LogP contribution is -2.05. The standard InChI is InChI=1S/C48H31BN2O9S/c49-33-31-29-30-32-37(43(57)46(60)44(58)38(32)52)51(35(30)41(55)40(54)34(29)50(23-13-5-2-6-14-23)36(31)42(56)45(59)39(33)53)24-15-7-12-22(20-24)26-17-9-19-28-27-18-8-16-25(47(27)61-48(26)28)21-10-3-1-4-11-21/h1-20,52-60H,49H2. The maximum atomic E-state index is 12.3. The summed E-state index contributed by atoms with van der Waals surface area (Å²) in [5.74, 6) is -7.39. The van der Waals surface area contributed by atoms with Crippen LogP contribution in [0.4, 0.5) is 0 Å². The first-order valence-electron chi connectivity index (χ1n) is 19.1. The summed E-state index contributed by atoms with van der Waals surface area (Å²) >= 11 is 1.66. The van der Waals surface area contributed by atoms with Crippen molar-refractivity contribution in [2.24, 2.45) is 0 Å². The number of fused-ring (bicyclic) bond motifs is 10. The van der Waals surface area contributed by atoms with Gasteiger partial charge >= 0.3 is 0 Å². The highest BCUT2D eigenvalue weighted by Gasteiger charge is 2.34. The van der Waals surface area contributed by atoms with Crippen molar-refractivity contribution in [3.8, 4) is 85.4 Å². The van der Waals surface area contributed by atoms with Gasteiger partial charge in [0.25, 0.3) is 0 Å². The van der Waals surface area contributed by atoms with Gasteiger partial charge in [0.2, 0.25) is 17.2 Å². The molecule has 0 radical (unpaired) electrons. The van der Waals surface area contributed by atoms with Crippen molar-refractivity contribution in [2.45, 2.75) is 0 Å². The summed E-state index contributed by atoms with van der Waals surface area (Å²) in [7, 11) is 1.49. The Labute approximate surface area is 349 Å². The number of nitrogens with zero attached hydrogens (tertiary/aromatic N) is 2. The van der Waals surface area contributed by atoms with Gasteiger partial charge in [-0.3, -0.25) is 0 Å². The van der Waals surface area contributed by atoms with Gasteiger partial charge in [-0.1, -0.05) is 97.1 Å². The maximum absolute atomic E-state index is 12.3. The number of para-hydroxylation sites is 1. The highest BCUT2D eigenvalue weighted by molar-refractivity contribution is 7.26. The number of aromatic nitrogens is 2. The molecule has 0 aliphatic rings. The van der Waals surface area contributed by atoms with Gasteiger partial charge in [0.05, 0.1) is 10.9 Å². The number of thiophene rings is 1. The molecule has 13 heteroatoms. The van der Waals surface area contributed by atoms with Gasteiger partial charge in [-0.05, 0) is 52.0 Å². The molecule has 61 heavy (non-hydrogen) atoms. The molecule has 0 bridgehead atoms. The summed E-state index contributed by atoms with van der Waals surface area (Å²) in [6, 6.07) is 38.2. The predicted octanol–water partition coefficient (Wildman–Crippen LogP) is 9.19. The fraction of sp³-hybridized carbons (Fsp3) is 0. The Hall–Kier alpha value is -8.16. The van der Waals surface area contributed by atoms with Crippen LogP contribution in [0.1, 0.15) is 0 Å². The summed E-state index contributed by atoms with van der Waals surface area (Å²) in [6.45, 7) is 0. The fourth-order valence-corrected chi connectivity index (χ4v) is 10.5. The number of hydrogen-bond donors (Lipinski definition) is 9. The Kier molecular flexibility index (Phi) is 7.47. The van der Waals surface area contributed by atoms with Crippen LogP contribution in [0.3, 0.4) is 0 Å². The van der Waals surface area contributed by atoms with Crippen molar-refractivity contribution in [2.75, 3.05) is 0 Å². The highest BCUT2D eigenvalue weighted by Crippen LogP contribution is 2.59. The second-order valence-electron chi connectivity index (χ2n) is 15.0. The normalized spacial score (nSPS) is 11.9. The van der Waals surface area contributed by atoms with Crippen LogP contribution in [0, 0.1) is 0 Å². The lowest BCUT2D eigenvalue weighted by Gasteiger charge is -2.14. The van der Waals surface area contributed by atoms with Crippen LogP contribution in [0.15, 0.2) is 121 Å². The summed E-state index contributed by atoms with van der Waals surface area (Å²) in [5, 5.41) is 106. The van der Waals surface area contributed by atoms with Gasteiger partial charge in [-0.25, -0.2) is 0 Å². The smallest absolute Gasteiger partial charge is 0.206 e. The molecule has 0 unspecified atom stereocenters. The van der Waals surface area contributed by atoms with Crippen LogP contribution < -0.4 is 5.46 Å². The van der Waals surface area contributed by atoms with Gasteiger partial charge in [-0.2, -0.15) is 0 Å². The van der Waals surface area contributed by atoms with E-state index < -0.39 is 51.7 Å². The predicted molar refractivity (Wildman–Crippen MR) is 242 cm³/mol. The third kappa shape index (κ3) is 4.68. The number of benzene rings is 8. The number of rotatable bonds is 4. The number of aromatic hydroxyl groups is 9. The van der Waals surface area contributed by atoms with Crippen LogP contribution in [-0.4, -0.2) is 62.9 Å². The third-order valence-electron chi connectivity index (χ3n) is 11.8. The molecule has 0 amide bonds. The first kappa shape index (κ1) is 36.0. The van der Waals surface area contributed by atoms with Crippen LogP contribution >= 0.6 is 11.3 Å². The van der Waals surface area contributed by atoms with E-state index in [0.29, 0.717) is 11.4 Å². The van der Waals surface area contributed by atoms with Crippen LogP contribution in [-0.2, 0) is 0 Å². The van der Waals surface area contributed by atoms with Crippen LogP contribution in [0.25, 0.3) is 97.4 Å². The molecule has 11 rings (SSSR count). The van der Waals surface area contributed by atoms with E-state index in [2.05, 4.69) is 30.3 Å². The number of phenolic OH excluding ortho intramolecular Hbond substituents is 9. The Morgan fingerprint density at radius 1 is 0.361 bits per heavy atom. The van der Waals surface area contributed by atoms with Crippen molar-refractivity contribution in [1.29, 1.82) is 0 Å². The molecule has 3 heterocycles. The molecular formula is C48H31BN2O9S. The van der Waals surface area contributed by atoms with Gasteiger partial charge in [0.15, 0.2) is 34.5 Å². The van der Waals surface area contributed by atoms with E-state index in [1.165, 1.54) is 17.0 Å². The average molecular weight is 823 g/mol. The molecule has 296 valence electrons. The van der Waals surface area contributed by atoms with Gasteiger partial charge in [0.1, 0.15) is 24.4 Å². The largest absolute Gasteiger partial charge is 0.505 e. The van der Waals surface area contributed by atoms with Crippen molar-refractivity contribution in [3.05, 3.63) is 121 Å². The minimum absolute atomic E-state index is 0.0267. The quantitative estimate of drug-likeness (QED) is 0.0473. The van der Waals surface area contributed by atoms with Crippen molar-refractivity contribution in [1.82, 2.24) is 9.13 Å². The van der Waals surface area contributed by atoms with E-state index in [0.717, 1.165) is 42.4 Å². The Morgan fingerprint density at radius 3 is 1.41 bits per heavy atom. The molecule has 11 aromatic rings. The van der Waals surface area contributed by atoms with E-state index in [9.17, 15) is 46.0 Å². The van der Waals surface area contributed by atoms with E-state index >= 15 is 0 Å². The lowest BCUT2D eigenvalue weighted by atomic mass is 9.88. The molecule has 3 aromatic heterocycles. The number of hydrogen-bond acceptors (Lipinski definition) is 10. The molecule has 0 aliphatic heterocycles. The first-order chi connectivity index (χ1) is 29.5. The monoisotopic (exact) mass is 822 g/mol. The molecule has 0 saturated carbocycles. The van der Waals surface area contributed by atoms with Gasteiger partial charge < -0.3 is 55.1 Å². The summed E-state index contributed by atoms with van der Waals surface area (Å²) < 4.78 is 4.90. The van der Waals surface area contributed by atoms with Crippen LogP contribution in [0.2, 0.25) is 0 Å². The van der Waals surface area contributed by atoms with Gasteiger partial charge in [0, 0.05) is 47.7 Å². The minimum atomic E-state index is -1.04. The molecule has 0 aliphatic carbocycles. The Morgan fingerprint density at radius 2 is 0.787 bits per heavy atom. The lowest BCUT2D eigenvalue weighted by molar-refractivity contribution is 0.350. The van der Waals surface area contributed by atoms with Crippen molar-refractivity contribution >= 4 is 88.4 Å². The SMILES string of the molecule is Bc1c(O)c(O)c(O)c2c1c1c3c4c(O)c(O)c(O)c(O)c4n(-c4cccc(-c5cccc6c5sc5c(-c7ccccc7)cccc56)c4)c3c(O)c(O)c1n2-c1ccccc1. The fourth-order valence-electron chi connectivity index (χ4n) is 9.12. The first-order valence-corrected chi connectivity index (χ1v) is 20.0. The maximum Gasteiger partial charge on any atom is 0.206 e. The molecule has 0 saturated heterocycles. The van der Waals surface area contributed by atoms with Gasteiger partial charge in [-0.15, -0.1) is 11.3 Å². The molecule has 0 fully saturated rings. The Bertz CT molecular complexity index is 3710. The zero-order valence-electron chi connectivity index (χ0n) is 31.9. The topological polar surface area (TPSA) is 192 Å².